The second-order valence-corrected chi connectivity index (χ2v) is 13.0. The Morgan fingerprint density at radius 2 is 1.16 bits per heavy atom. The van der Waals surface area contributed by atoms with Crippen LogP contribution in [0.4, 0.5) is 0 Å². The Morgan fingerprint density at radius 1 is 0.781 bits per heavy atom. The molecule has 0 fully saturated rings. The van der Waals surface area contributed by atoms with Crippen molar-refractivity contribution in [2.75, 3.05) is 7.11 Å². The summed E-state index contributed by atoms with van der Waals surface area (Å²) in [7, 11) is 0.217. The summed E-state index contributed by atoms with van der Waals surface area (Å²) in [5.41, 5.74) is 9.55. The lowest BCUT2D eigenvalue weighted by Crippen LogP contribution is -2.20. The minimum atomic E-state index is -1.43. The van der Waals surface area contributed by atoms with Gasteiger partial charge in [0.1, 0.15) is 5.75 Å². The Kier molecular flexibility index (Phi) is 13.6. The van der Waals surface area contributed by atoms with Crippen LogP contribution in [0.2, 0.25) is 13.1 Å². The fourth-order valence-electron chi connectivity index (χ4n) is 2.17. The van der Waals surface area contributed by atoms with E-state index in [9.17, 15) is 0 Å². The molecule has 2 nitrogen and oxygen atoms in total. The molecule has 0 aliphatic heterocycles. The van der Waals surface area contributed by atoms with Gasteiger partial charge in [0.25, 0.3) is 0 Å². The van der Waals surface area contributed by atoms with Crippen LogP contribution in [-0.2, 0) is 6.61 Å². The summed E-state index contributed by atoms with van der Waals surface area (Å²) in [4.78, 5) is 0. The predicted molar refractivity (Wildman–Crippen MR) is 141 cm³/mol. The van der Waals surface area contributed by atoms with Crippen molar-refractivity contribution in [1.29, 1.82) is 0 Å². The summed E-state index contributed by atoms with van der Waals surface area (Å²) >= 11 is 0. The average molecular weight is 447 g/mol. The summed E-state index contributed by atoms with van der Waals surface area (Å²) in [6, 6.07) is 15.2. The van der Waals surface area contributed by atoms with Gasteiger partial charge in [-0.05, 0) is 74.3 Å². The maximum atomic E-state index is 8.94. The number of hydrogen-bond acceptors (Lipinski definition) is 2. The second kappa shape index (κ2) is 15.0. The predicted octanol–water partition coefficient (Wildman–Crippen LogP) is 6.46. The molecule has 3 heteroatoms. The van der Waals surface area contributed by atoms with Crippen molar-refractivity contribution in [3.05, 3.63) is 65.2 Å². The fraction of sp³-hybridized carbons (Fsp3) is 0.379. The number of hydrogen-bond donors (Lipinski definition) is 1. The molecule has 0 amide bonds. The van der Waals surface area contributed by atoms with E-state index < -0.39 is 8.07 Å². The molecule has 2 aromatic rings. The van der Waals surface area contributed by atoms with Crippen LogP contribution in [0.5, 0.6) is 5.75 Å². The Bertz CT molecular complexity index is 896. The van der Waals surface area contributed by atoms with E-state index >= 15 is 0 Å². The topological polar surface area (TPSA) is 29.5 Å². The standard InChI is InChI=1S/C16H14O2.C8H12Si.C5H12/c1-18-16-10-8-14(9-11-16)3-2-13-4-6-15(12-17)7-5-13;1-5-7-9(3,4)8-6-2;1-5(2,3)4/h4-11,17H,12H2,1H3;1-4H3;1-4H3. The Balaban J connectivity index is 0.000000574. The molecule has 0 aliphatic carbocycles. The molecule has 0 aliphatic rings. The van der Waals surface area contributed by atoms with Crippen LogP contribution in [0.3, 0.4) is 0 Å². The van der Waals surface area contributed by atoms with Gasteiger partial charge in [-0.3, -0.25) is 0 Å². The molecule has 2 aromatic carbocycles. The number of aliphatic hydroxyl groups is 1. The highest BCUT2D eigenvalue weighted by Crippen LogP contribution is 2.11. The average Bonchev–Trinajstić information content (AvgIpc) is 2.72. The third-order valence-corrected chi connectivity index (χ3v) is 5.20. The van der Waals surface area contributed by atoms with Crippen molar-refractivity contribution in [2.45, 2.75) is 61.2 Å². The molecule has 1 N–H and O–H groups in total. The van der Waals surface area contributed by atoms with Gasteiger partial charge in [-0.15, -0.1) is 22.9 Å². The van der Waals surface area contributed by atoms with Gasteiger partial charge < -0.3 is 9.84 Å². The first kappa shape index (κ1) is 29.1. The molecular formula is C29H38O2Si. The van der Waals surface area contributed by atoms with E-state index in [1.165, 1.54) is 0 Å². The number of methoxy groups -OCH3 is 1. The zero-order valence-corrected chi connectivity index (χ0v) is 22.2. The van der Waals surface area contributed by atoms with Crippen molar-refractivity contribution < 1.29 is 9.84 Å². The summed E-state index contributed by atoms with van der Waals surface area (Å²) in [5, 5.41) is 8.94. The summed E-state index contributed by atoms with van der Waals surface area (Å²) in [6.45, 7) is 16.9. The number of benzene rings is 2. The molecule has 0 saturated carbocycles. The monoisotopic (exact) mass is 446 g/mol. The highest BCUT2D eigenvalue weighted by molar-refractivity contribution is 6.92. The maximum absolute atomic E-state index is 8.94. The van der Waals surface area contributed by atoms with E-state index in [2.05, 4.69) is 75.6 Å². The SMILES string of the molecule is CC#C[Si](C)(C)C#CC.CC(C)(C)C.COc1ccc(C#Cc2ccc(CO)cc2)cc1. The van der Waals surface area contributed by atoms with Crippen LogP contribution >= 0.6 is 0 Å². The molecular weight excluding hydrogens is 408 g/mol. The van der Waals surface area contributed by atoms with Gasteiger partial charge in [0.05, 0.1) is 13.7 Å². The minimum Gasteiger partial charge on any atom is -0.497 e. The molecule has 0 atom stereocenters. The fourth-order valence-corrected chi connectivity index (χ4v) is 3.48. The first-order chi connectivity index (χ1) is 14.9. The summed E-state index contributed by atoms with van der Waals surface area (Å²) in [6.07, 6.45) is 0. The van der Waals surface area contributed by atoms with Crippen LogP contribution in [0, 0.1) is 40.2 Å². The molecule has 32 heavy (non-hydrogen) atoms. The lowest BCUT2D eigenvalue weighted by molar-refractivity contribution is 0.282. The third-order valence-electron chi connectivity index (χ3n) is 3.45. The highest BCUT2D eigenvalue weighted by Gasteiger charge is 2.12. The molecule has 0 radical (unpaired) electrons. The van der Waals surface area contributed by atoms with Crippen LogP contribution in [-0.4, -0.2) is 20.3 Å². The van der Waals surface area contributed by atoms with Gasteiger partial charge in [0.2, 0.25) is 8.07 Å². The first-order valence-electron chi connectivity index (χ1n) is 10.7. The van der Waals surface area contributed by atoms with Crippen LogP contribution in [0.25, 0.3) is 0 Å². The lowest BCUT2D eigenvalue weighted by atomic mass is 10.0. The van der Waals surface area contributed by atoms with Crippen molar-refractivity contribution in [2.24, 2.45) is 5.41 Å². The van der Waals surface area contributed by atoms with Gasteiger partial charge in [-0.25, -0.2) is 0 Å². The second-order valence-electron chi connectivity index (χ2n) is 9.21. The molecule has 0 spiro atoms. The van der Waals surface area contributed by atoms with Gasteiger partial charge in [-0.2, -0.15) is 0 Å². The Labute approximate surface area is 197 Å². The normalized spacial score (nSPS) is 9.56. The smallest absolute Gasteiger partial charge is 0.210 e. The highest BCUT2D eigenvalue weighted by atomic mass is 28.3. The zero-order valence-electron chi connectivity index (χ0n) is 21.2. The molecule has 0 unspecified atom stereocenters. The van der Waals surface area contributed by atoms with Gasteiger partial charge in [0.15, 0.2) is 0 Å². The zero-order chi connectivity index (χ0) is 24.6. The quantitative estimate of drug-likeness (QED) is 0.424. The van der Waals surface area contributed by atoms with E-state index in [-0.39, 0.29) is 6.61 Å². The summed E-state index contributed by atoms with van der Waals surface area (Å²) < 4.78 is 5.09. The number of ether oxygens (including phenoxy) is 1. The molecule has 2 rings (SSSR count). The van der Waals surface area contributed by atoms with Gasteiger partial charge in [-0.1, -0.05) is 51.7 Å². The van der Waals surface area contributed by atoms with Crippen molar-refractivity contribution in [1.82, 2.24) is 0 Å². The van der Waals surface area contributed by atoms with E-state index in [0.29, 0.717) is 5.41 Å². The van der Waals surface area contributed by atoms with Crippen molar-refractivity contribution in [3.63, 3.8) is 0 Å². The van der Waals surface area contributed by atoms with Crippen LogP contribution in [0.1, 0.15) is 58.2 Å². The molecule has 0 heterocycles. The molecule has 170 valence electrons. The lowest BCUT2D eigenvalue weighted by Gasteiger charge is -2.05. The molecule has 0 aromatic heterocycles. The number of aliphatic hydroxyl groups excluding tert-OH is 1. The number of rotatable bonds is 2. The van der Waals surface area contributed by atoms with Crippen molar-refractivity contribution >= 4 is 8.07 Å². The minimum absolute atomic E-state index is 0.0617. The van der Waals surface area contributed by atoms with Crippen LogP contribution < -0.4 is 4.74 Å². The largest absolute Gasteiger partial charge is 0.497 e. The molecule has 0 bridgehead atoms. The van der Waals surface area contributed by atoms with Crippen LogP contribution in [0.15, 0.2) is 48.5 Å². The van der Waals surface area contributed by atoms with Crippen molar-refractivity contribution in [3.8, 4) is 40.5 Å². The van der Waals surface area contributed by atoms with E-state index in [0.717, 1.165) is 22.4 Å². The Morgan fingerprint density at radius 3 is 1.47 bits per heavy atom. The van der Waals surface area contributed by atoms with E-state index in [1.54, 1.807) is 7.11 Å². The first-order valence-corrected chi connectivity index (χ1v) is 13.7. The maximum Gasteiger partial charge on any atom is 0.210 e. The van der Waals surface area contributed by atoms with E-state index in [4.69, 9.17) is 9.84 Å². The molecule has 0 saturated heterocycles. The van der Waals surface area contributed by atoms with Gasteiger partial charge >= 0.3 is 0 Å². The third kappa shape index (κ3) is 15.9. The van der Waals surface area contributed by atoms with E-state index in [1.807, 2.05) is 62.4 Å². The Hall–Kier alpha value is -2.90. The van der Waals surface area contributed by atoms with Gasteiger partial charge in [0, 0.05) is 11.1 Å². The summed E-state index contributed by atoms with van der Waals surface area (Å²) in [5.74, 6) is 12.8.